The Morgan fingerprint density at radius 3 is 2.88 bits per heavy atom. The van der Waals surface area contributed by atoms with Gasteiger partial charge in [-0.15, -0.1) is 0 Å². The molecular formula is C13H22O3. The molecule has 0 aromatic heterocycles. The first-order chi connectivity index (χ1) is 7.53. The van der Waals surface area contributed by atoms with Crippen molar-refractivity contribution < 1.29 is 14.3 Å². The third kappa shape index (κ3) is 4.90. The molecule has 0 aromatic rings. The molecule has 1 saturated heterocycles. The minimum atomic E-state index is -0.535. The van der Waals surface area contributed by atoms with Crippen LogP contribution in [0.3, 0.4) is 0 Å². The molecule has 0 spiro atoms. The minimum absolute atomic E-state index is 0.0295. The SMILES string of the molecule is C/C=C/CCC(=O)C[C@@H]1CCOC(C)(C)O1. The lowest BCUT2D eigenvalue weighted by atomic mass is 10.1. The quantitative estimate of drug-likeness (QED) is 0.676. The second kappa shape index (κ2) is 6.16. The van der Waals surface area contributed by atoms with E-state index in [1.807, 2.05) is 32.9 Å². The predicted octanol–water partition coefficient (Wildman–Crippen LogP) is 2.84. The lowest BCUT2D eigenvalue weighted by Crippen LogP contribution is -2.40. The van der Waals surface area contributed by atoms with Crippen LogP contribution >= 0.6 is 0 Å². The van der Waals surface area contributed by atoms with Crippen molar-refractivity contribution >= 4 is 5.78 Å². The van der Waals surface area contributed by atoms with E-state index < -0.39 is 5.79 Å². The van der Waals surface area contributed by atoms with Crippen LogP contribution in [0.1, 0.15) is 46.5 Å². The van der Waals surface area contributed by atoms with E-state index in [0.717, 1.165) is 12.8 Å². The maximum Gasteiger partial charge on any atom is 0.163 e. The average Bonchev–Trinajstić information content (AvgIpc) is 2.16. The first-order valence-electron chi connectivity index (χ1n) is 5.98. The van der Waals surface area contributed by atoms with Crippen molar-refractivity contribution in [2.75, 3.05) is 6.61 Å². The molecule has 0 saturated carbocycles. The zero-order chi connectivity index (χ0) is 12.0. The Bertz CT molecular complexity index is 256. The van der Waals surface area contributed by atoms with Crippen molar-refractivity contribution in [3.63, 3.8) is 0 Å². The third-order valence-corrected chi connectivity index (χ3v) is 2.62. The topological polar surface area (TPSA) is 35.5 Å². The smallest absolute Gasteiger partial charge is 0.163 e. The standard InChI is InChI=1S/C13H22O3/c1-4-5-6-7-11(14)10-12-8-9-15-13(2,3)16-12/h4-5,12H,6-10H2,1-3H3/b5-4+/t12-/m0/s1. The van der Waals surface area contributed by atoms with Gasteiger partial charge >= 0.3 is 0 Å². The van der Waals surface area contributed by atoms with Crippen molar-refractivity contribution in [3.05, 3.63) is 12.2 Å². The van der Waals surface area contributed by atoms with Crippen LogP contribution in [-0.2, 0) is 14.3 Å². The number of allylic oxidation sites excluding steroid dienone is 2. The molecule has 1 aliphatic rings. The maximum absolute atomic E-state index is 11.6. The summed E-state index contributed by atoms with van der Waals surface area (Å²) in [6.07, 6.45) is 6.81. The van der Waals surface area contributed by atoms with Gasteiger partial charge in [0, 0.05) is 12.8 Å². The summed E-state index contributed by atoms with van der Waals surface area (Å²) in [4.78, 5) is 11.6. The van der Waals surface area contributed by atoms with Crippen LogP contribution in [0.2, 0.25) is 0 Å². The summed E-state index contributed by atoms with van der Waals surface area (Å²) in [5.41, 5.74) is 0. The first-order valence-corrected chi connectivity index (χ1v) is 5.98. The van der Waals surface area contributed by atoms with Crippen LogP contribution in [0.25, 0.3) is 0 Å². The second-order valence-electron chi connectivity index (χ2n) is 4.63. The molecule has 1 fully saturated rings. The monoisotopic (exact) mass is 226 g/mol. The van der Waals surface area contributed by atoms with E-state index in [2.05, 4.69) is 0 Å². The summed E-state index contributed by atoms with van der Waals surface area (Å²) in [5.74, 6) is -0.257. The van der Waals surface area contributed by atoms with E-state index in [1.165, 1.54) is 0 Å². The average molecular weight is 226 g/mol. The maximum atomic E-state index is 11.6. The molecule has 0 radical (unpaired) electrons. The lowest BCUT2D eigenvalue weighted by Gasteiger charge is -2.35. The van der Waals surface area contributed by atoms with Gasteiger partial charge in [-0.05, 0) is 33.6 Å². The van der Waals surface area contributed by atoms with Gasteiger partial charge in [-0.3, -0.25) is 4.79 Å². The fourth-order valence-electron chi connectivity index (χ4n) is 1.84. The molecule has 1 heterocycles. The van der Waals surface area contributed by atoms with Gasteiger partial charge in [0.15, 0.2) is 5.79 Å². The zero-order valence-corrected chi connectivity index (χ0v) is 10.5. The fourth-order valence-corrected chi connectivity index (χ4v) is 1.84. The van der Waals surface area contributed by atoms with Crippen LogP contribution in [0, 0.1) is 0 Å². The van der Waals surface area contributed by atoms with E-state index in [-0.39, 0.29) is 11.9 Å². The van der Waals surface area contributed by atoms with E-state index in [1.54, 1.807) is 0 Å². The number of rotatable bonds is 5. The second-order valence-corrected chi connectivity index (χ2v) is 4.63. The Labute approximate surface area is 97.8 Å². The molecule has 92 valence electrons. The minimum Gasteiger partial charge on any atom is -0.350 e. The molecule has 0 aromatic carbocycles. The lowest BCUT2D eigenvalue weighted by molar-refractivity contribution is -0.272. The highest BCUT2D eigenvalue weighted by molar-refractivity contribution is 5.79. The van der Waals surface area contributed by atoms with Gasteiger partial charge in [0.25, 0.3) is 0 Å². The van der Waals surface area contributed by atoms with Crippen molar-refractivity contribution in [1.82, 2.24) is 0 Å². The number of carbonyl (C=O) groups is 1. The molecule has 1 rings (SSSR count). The summed E-state index contributed by atoms with van der Waals surface area (Å²) in [6, 6.07) is 0. The van der Waals surface area contributed by atoms with Crippen LogP contribution in [0.5, 0.6) is 0 Å². The molecule has 0 N–H and O–H groups in total. The van der Waals surface area contributed by atoms with Crippen molar-refractivity contribution in [2.24, 2.45) is 0 Å². The molecule has 0 bridgehead atoms. The molecule has 16 heavy (non-hydrogen) atoms. The number of carbonyl (C=O) groups excluding carboxylic acids is 1. The Morgan fingerprint density at radius 2 is 2.25 bits per heavy atom. The summed E-state index contributed by atoms with van der Waals surface area (Å²) in [6.45, 7) is 6.43. The Morgan fingerprint density at radius 1 is 1.50 bits per heavy atom. The predicted molar refractivity (Wildman–Crippen MR) is 63.2 cm³/mol. The van der Waals surface area contributed by atoms with E-state index >= 15 is 0 Å². The Hall–Kier alpha value is -0.670. The van der Waals surface area contributed by atoms with Crippen LogP contribution in [0.15, 0.2) is 12.2 Å². The van der Waals surface area contributed by atoms with E-state index in [4.69, 9.17) is 9.47 Å². The Kier molecular flexibility index (Phi) is 5.16. The molecule has 3 heteroatoms. The summed E-state index contributed by atoms with van der Waals surface area (Å²) in [7, 11) is 0. The zero-order valence-electron chi connectivity index (χ0n) is 10.5. The largest absolute Gasteiger partial charge is 0.350 e. The van der Waals surface area contributed by atoms with Crippen LogP contribution in [0.4, 0.5) is 0 Å². The molecule has 3 nitrogen and oxygen atoms in total. The highest BCUT2D eigenvalue weighted by atomic mass is 16.7. The van der Waals surface area contributed by atoms with Crippen molar-refractivity contribution in [3.8, 4) is 0 Å². The fraction of sp³-hybridized carbons (Fsp3) is 0.769. The van der Waals surface area contributed by atoms with E-state index in [9.17, 15) is 4.79 Å². The summed E-state index contributed by atoms with van der Waals surface area (Å²) < 4.78 is 11.1. The number of ketones is 1. The van der Waals surface area contributed by atoms with Gasteiger partial charge in [-0.1, -0.05) is 12.2 Å². The van der Waals surface area contributed by atoms with Gasteiger partial charge in [-0.25, -0.2) is 0 Å². The van der Waals surface area contributed by atoms with Crippen LogP contribution < -0.4 is 0 Å². The molecular weight excluding hydrogens is 204 g/mol. The number of ether oxygens (including phenoxy) is 2. The molecule has 0 unspecified atom stereocenters. The van der Waals surface area contributed by atoms with Crippen molar-refractivity contribution in [2.45, 2.75) is 58.3 Å². The van der Waals surface area contributed by atoms with Gasteiger partial charge in [0.05, 0.1) is 12.7 Å². The normalized spacial score (nSPS) is 24.8. The molecule has 0 amide bonds. The number of hydrogen-bond acceptors (Lipinski definition) is 3. The molecule has 1 aliphatic heterocycles. The third-order valence-electron chi connectivity index (χ3n) is 2.62. The number of hydrogen-bond donors (Lipinski definition) is 0. The van der Waals surface area contributed by atoms with Crippen molar-refractivity contribution in [1.29, 1.82) is 0 Å². The van der Waals surface area contributed by atoms with Gasteiger partial charge in [0.2, 0.25) is 0 Å². The summed E-state index contributed by atoms with van der Waals surface area (Å²) >= 11 is 0. The Balaban J connectivity index is 2.28. The van der Waals surface area contributed by atoms with Gasteiger partial charge in [-0.2, -0.15) is 0 Å². The van der Waals surface area contributed by atoms with Gasteiger partial charge < -0.3 is 9.47 Å². The summed E-state index contributed by atoms with van der Waals surface area (Å²) in [5, 5.41) is 0. The van der Waals surface area contributed by atoms with Gasteiger partial charge in [0.1, 0.15) is 5.78 Å². The van der Waals surface area contributed by atoms with Crippen LogP contribution in [-0.4, -0.2) is 24.3 Å². The molecule has 0 aliphatic carbocycles. The number of Topliss-reactive ketones (excluding diaryl/α,β-unsaturated/α-hetero) is 1. The highest BCUT2D eigenvalue weighted by Gasteiger charge is 2.30. The van der Waals surface area contributed by atoms with E-state index in [0.29, 0.717) is 19.4 Å². The first kappa shape index (κ1) is 13.4. The highest BCUT2D eigenvalue weighted by Crippen LogP contribution is 2.24. The molecule has 1 atom stereocenters.